The van der Waals surface area contributed by atoms with Gasteiger partial charge in [-0.05, 0) is 43.7 Å². The fraction of sp³-hybridized carbons (Fsp3) is 0.579. The maximum absolute atomic E-state index is 12.0. The number of nitrogens with zero attached hydrogens (tertiary/aromatic N) is 2. The average molecular weight is 430 g/mol. The van der Waals surface area contributed by atoms with Crippen molar-refractivity contribution >= 4 is 17.9 Å². The fourth-order valence-corrected chi connectivity index (χ4v) is 3.75. The Morgan fingerprint density at radius 3 is 2.40 bits per heavy atom. The van der Waals surface area contributed by atoms with E-state index >= 15 is 0 Å². The van der Waals surface area contributed by atoms with Crippen LogP contribution >= 0.6 is 0 Å². The Balaban J connectivity index is 0.000000396. The van der Waals surface area contributed by atoms with Gasteiger partial charge in [-0.25, -0.2) is 9.59 Å². The monoisotopic (exact) mass is 430 g/mol. The molecule has 0 bridgehead atoms. The van der Waals surface area contributed by atoms with Gasteiger partial charge in [-0.15, -0.1) is 0 Å². The van der Waals surface area contributed by atoms with Crippen LogP contribution in [0.25, 0.3) is 0 Å². The molecule has 1 aliphatic heterocycles. The van der Waals surface area contributed by atoms with E-state index in [2.05, 4.69) is 15.6 Å². The molecule has 1 aromatic heterocycles. The van der Waals surface area contributed by atoms with Crippen molar-refractivity contribution in [2.24, 2.45) is 0 Å². The standard InChI is InChI=1S/C17H24N4O2.C2HF3O2/c1-21-15(22)6-9-17(21)7-4-14(5-8-17)20-16(23)19-12-13-3-2-10-18-11-13;3-2(4,5)1(6)7/h2-3,10-11,14H,4-9,12H2,1H3,(H2,19,20,23);(H,6,7). The summed E-state index contributed by atoms with van der Waals surface area (Å²) in [5.41, 5.74) is 1.03. The van der Waals surface area contributed by atoms with Crippen molar-refractivity contribution in [3.63, 3.8) is 0 Å². The zero-order valence-corrected chi connectivity index (χ0v) is 16.5. The number of nitrogens with one attached hydrogen (secondary N) is 2. The molecule has 0 aromatic carbocycles. The molecule has 1 saturated carbocycles. The summed E-state index contributed by atoms with van der Waals surface area (Å²) in [5.74, 6) is -2.50. The molecule has 3 rings (SSSR count). The Labute approximate surface area is 171 Å². The highest BCUT2D eigenvalue weighted by molar-refractivity contribution is 5.79. The van der Waals surface area contributed by atoms with Crippen LogP contribution in [0.5, 0.6) is 0 Å². The predicted molar refractivity (Wildman–Crippen MR) is 100 cm³/mol. The molecule has 3 amide bonds. The van der Waals surface area contributed by atoms with Crippen LogP contribution in [0.4, 0.5) is 18.0 Å². The van der Waals surface area contributed by atoms with Crippen molar-refractivity contribution in [1.29, 1.82) is 0 Å². The summed E-state index contributed by atoms with van der Waals surface area (Å²) in [4.78, 5) is 38.6. The van der Waals surface area contributed by atoms with Crippen molar-refractivity contribution in [1.82, 2.24) is 20.5 Å². The number of carboxylic acid groups (broad SMARTS) is 1. The van der Waals surface area contributed by atoms with E-state index in [0.717, 1.165) is 37.7 Å². The minimum atomic E-state index is -5.08. The summed E-state index contributed by atoms with van der Waals surface area (Å²) < 4.78 is 31.7. The molecule has 2 heterocycles. The number of hydrogen-bond donors (Lipinski definition) is 3. The van der Waals surface area contributed by atoms with E-state index in [1.807, 2.05) is 24.1 Å². The van der Waals surface area contributed by atoms with E-state index in [4.69, 9.17) is 9.90 Å². The Morgan fingerprint density at radius 1 is 1.30 bits per heavy atom. The van der Waals surface area contributed by atoms with E-state index in [1.165, 1.54) is 0 Å². The lowest BCUT2D eigenvalue weighted by Crippen LogP contribution is -2.51. The third-order valence-electron chi connectivity index (χ3n) is 5.56. The molecule has 3 N–H and O–H groups in total. The number of pyridine rings is 1. The van der Waals surface area contributed by atoms with Crippen LogP contribution in [0.15, 0.2) is 24.5 Å². The molecule has 0 radical (unpaired) electrons. The number of hydrogen-bond acceptors (Lipinski definition) is 4. The molecular weight excluding hydrogens is 405 g/mol. The highest BCUT2D eigenvalue weighted by Crippen LogP contribution is 2.41. The van der Waals surface area contributed by atoms with Gasteiger partial charge in [0.1, 0.15) is 0 Å². The summed E-state index contributed by atoms with van der Waals surface area (Å²) in [7, 11) is 1.92. The smallest absolute Gasteiger partial charge is 0.475 e. The lowest BCUT2D eigenvalue weighted by molar-refractivity contribution is -0.192. The Morgan fingerprint density at radius 2 is 1.93 bits per heavy atom. The van der Waals surface area contributed by atoms with E-state index in [1.54, 1.807) is 12.4 Å². The Kier molecular flexibility index (Phi) is 7.63. The quantitative estimate of drug-likeness (QED) is 0.682. The van der Waals surface area contributed by atoms with Crippen molar-refractivity contribution in [3.8, 4) is 0 Å². The van der Waals surface area contributed by atoms with E-state index < -0.39 is 12.1 Å². The molecule has 166 valence electrons. The van der Waals surface area contributed by atoms with Crippen LogP contribution in [0.3, 0.4) is 0 Å². The van der Waals surface area contributed by atoms with Gasteiger partial charge in [-0.3, -0.25) is 9.78 Å². The molecular formula is C19H25F3N4O4. The summed E-state index contributed by atoms with van der Waals surface area (Å²) in [5, 5.41) is 13.0. The molecule has 30 heavy (non-hydrogen) atoms. The van der Waals surface area contributed by atoms with Gasteiger partial charge in [0.2, 0.25) is 5.91 Å². The SMILES string of the molecule is CN1C(=O)CCC12CCC(NC(=O)NCc1cccnc1)CC2.O=C(O)C(F)(F)F. The van der Waals surface area contributed by atoms with Gasteiger partial charge in [0.05, 0.1) is 0 Å². The first-order chi connectivity index (χ1) is 14.0. The number of carbonyl (C=O) groups excluding carboxylic acids is 2. The van der Waals surface area contributed by atoms with Crippen LogP contribution in [0.1, 0.15) is 44.1 Å². The summed E-state index contributed by atoms with van der Waals surface area (Å²) in [6.45, 7) is 0.480. The minimum Gasteiger partial charge on any atom is -0.475 e. The molecule has 0 atom stereocenters. The number of rotatable bonds is 3. The molecule has 8 nitrogen and oxygen atoms in total. The van der Waals surface area contributed by atoms with E-state index in [-0.39, 0.29) is 23.5 Å². The molecule has 1 spiro atoms. The Bertz CT molecular complexity index is 750. The lowest BCUT2D eigenvalue weighted by atomic mass is 9.78. The topological polar surface area (TPSA) is 112 Å². The number of urea groups is 1. The van der Waals surface area contributed by atoms with Crippen LogP contribution in [0.2, 0.25) is 0 Å². The number of carbonyl (C=O) groups is 3. The number of carboxylic acids is 1. The second-order valence-corrected chi connectivity index (χ2v) is 7.44. The summed E-state index contributed by atoms with van der Waals surface area (Å²) in [6, 6.07) is 3.85. The lowest BCUT2D eigenvalue weighted by Gasteiger charge is -2.42. The van der Waals surface area contributed by atoms with Gasteiger partial charge >= 0.3 is 18.2 Å². The van der Waals surface area contributed by atoms with Crippen molar-refractivity contribution in [2.75, 3.05) is 7.05 Å². The van der Waals surface area contributed by atoms with Gasteiger partial charge in [-0.2, -0.15) is 13.2 Å². The molecule has 1 aromatic rings. The predicted octanol–water partition coefficient (Wildman–Crippen LogP) is 2.45. The maximum atomic E-state index is 12.0. The fourth-order valence-electron chi connectivity index (χ4n) is 3.75. The first-order valence-corrected chi connectivity index (χ1v) is 9.53. The molecule has 1 aliphatic carbocycles. The minimum absolute atomic E-state index is 0.0431. The highest BCUT2D eigenvalue weighted by atomic mass is 19.4. The van der Waals surface area contributed by atoms with Crippen LogP contribution in [-0.2, 0) is 16.1 Å². The van der Waals surface area contributed by atoms with Gasteiger partial charge in [-0.1, -0.05) is 6.07 Å². The number of alkyl halides is 3. The molecule has 2 fully saturated rings. The van der Waals surface area contributed by atoms with E-state index in [0.29, 0.717) is 13.0 Å². The van der Waals surface area contributed by atoms with Gasteiger partial charge in [0, 0.05) is 44.0 Å². The third kappa shape index (κ3) is 6.33. The number of halogens is 3. The molecule has 0 unspecified atom stereocenters. The van der Waals surface area contributed by atoms with Crippen molar-refractivity contribution < 1.29 is 32.7 Å². The van der Waals surface area contributed by atoms with Crippen molar-refractivity contribution in [3.05, 3.63) is 30.1 Å². The van der Waals surface area contributed by atoms with Gasteiger partial charge in [0.25, 0.3) is 0 Å². The molecule has 2 aliphatic rings. The largest absolute Gasteiger partial charge is 0.490 e. The number of likely N-dealkylation sites (tertiary alicyclic amines) is 1. The number of amides is 3. The van der Waals surface area contributed by atoms with Crippen molar-refractivity contribution in [2.45, 2.75) is 62.8 Å². The first-order valence-electron chi connectivity index (χ1n) is 9.53. The van der Waals surface area contributed by atoms with Crippen LogP contribution in [0, 0.1) is 0 Å². The van der Waals surface area contributed by atoms with Gasteiger partial charge in [0.15, 0.2) is 0 Å². The molecule has 11 heteroatoms. The maximum Gasteiger partial charge on any atom is 0.490 e. The average Bonchev–Trinajstić information content (AvgIpc) is 2.97. The Hall–Kier alpha value is -2.85. The zero-order valence-electron chi connectivity index (χ0n) is 16.5. The molecule has 1 saturated heterocycles. The van der Waals surface area contributed by atoms with E-state index in [9.17, 15) is 22.8 Å². The number of aromatic nitrogens is 1. The second-order valence-electron chi connectivity index (χ2n) is 7.44. The first kappa shape index (κ1) is 23.4. The van der Waals surface area contributed by atoms with Gasteiger partial charge < -0.3 is 20.6 Å². The van der Waals surface area contributed by atoms with Crippen LogP contribution < -0.4 is 10.6 Å². The normalized spacial score (nSPS) is 23.5. The highest BCUT2D eigenvalue weighted by Gasteiger charge is 2.45. The number of aliphatic carboxylic acids is 1. The summed E-state index contributed by atoms with van der Waals surface area (Å²) >= 11 is 0. The zero-order chi connectivity index (χ0) is 22.4. The van der Waals surface area contributed by atoms with Crippen LogP contribution in [-0.4, -0.2) is 57.7 Å². The third-order valence-corrected chi connectivity index (χ3v) is 5.56. The summed E-state index contributed by atoms with van der Waals surface area (Å²) in [6.07, 6.45) is 3.81. The second kappa shape index (κ2) is 9.77.